The number of hydrogen-bond donors (Lipinski definition) is 1. The van der Waals surface area contributed by atoms with E-state index >= 15 is 0 Å². The lowest BCUT2D eigenvalue weighted by atomic mass is 10.2. The van der Waals surface area contributed by atoms with Crippen LogP contribution in [0.3, 0.4) is 0 Å². The molecule has 98 valence electrons. The average molecular weight is 259 g/mol. The fourth-order valence-corrected chi connectivity index (χ4v) is 1.95. The lowest BCUT2D eigenvalue weighted by Gasteiger charge is -2.15. The van der Waals surface area contributed by atoms with Crippen LogP contribution in [-0.2, 0) is 4.74 Å². The first-order valence-corrected chi connectivity index (χ1v) is 6.75. The van der Waals surface area contributed by atoms with Gasteiger partial charge in [-0.15, -0.1) is 0 Å². The van der Waals surface area contributed by atoms with Gasteiger partial charge in [0.1, 0.15) is 6.61 Å². The molecule has 0 aromatic heterocycles. The van der Waals surface area contributed by atoms with Crippen molar-refractivity contribution < 1.29 is 17.9 Å². The molecule has 0 heterocycles. The summed E-state index contributed by atoms with van der Waals surface area (Å²) in [6.07, 6.45) is -0.528. The Bertz CT molecular complexity index is 167. The number of halogens is 3. The third-order valence-corrected chi connectivity index (χ3v) is 2.76. The summed E-state index contributed by atoms with van der Waals surface area (Å²) in [5.74, 6) is 1.03. The van der Waals surface area contributed by atoms with Crippen molar-refractivity contribution in [3.05, 3.63) is 0 Å². The Balaban J connectivity index is 3.32. The van der Waals surface area contributed by atoms with Crippen molar-refractivity contribution in [3.63, 3.8) is 0 Å². The normalized spacial score (nSPS) is 14.1. The Morgan fingerprint density at radius 2 is 2.06 bits per heavy atom. The Morgan fingerprint density at radius 3 is 2.56 bits per heavy atom. The van der Waals surface area contributed by atoms with Crippen LogP contribution >= 0.6 is 11.8 Å². The zero-order valence-electron chi connectivity index (χ0n) is 9.77. The molecule has 0 aliphatic rings. The maximum absolute atomic E-state index is 11.7. The summed E-state index contributed by atoms with van der Waals surface area (Å²) in [4.78, 5) is 0. The van der Waals surface area contributed by atoms with Crippen molar-refractivity contribution in [1.82, 2.24) is 5.32 Å². The van der Waals surface area contributed by atoms with Crippen LogP contribution in [0.1, 0.15) is 19.8 Å². The third-order valence-electron chi connectivity index (χ3n) is 2.02. The summed E-state index contributed by atoms with van der Waals surface area (Å²) in [7, 11) is 0. The van der Waals surface area contributed by atoms with Gasteiger partial charge in [0.05, 0.1) is 0 Å². The number of rotatable bonds is 9. The molecule has 0 spiro atoms. The molecule has 6 heteroatoms. The van der Waals surface area contributed by atoms with Gasteiger partial charge in [0.25, 0.3) is 0 Å². The van der Waals surface area contributed by atoms with Gasteiger partial charge in [-0.05, 0) is 25.6 Å². The summed E-state index contributed by atoms with van der Waals surface area (Å²) >= 11 is 1.76. The summed E-state index contributed by atoms with van der Waals surface area (Å²) in [5, 5.41) is 3.29. The molecule has 0 aliphatic carbocycles. The molecule has 0 fully saturated rings. The van der Waals surface area contributed by atoms with E-state index in [9.17, 15) is 13.2 Å². The second-order valence-electron chi connectivity index (χ2n) is 3.54. The van der Waals surface area contributed by atoms with E-state index in [2.05, 4.69) is 17.0 Å². The molecule has 1 atom stereocenters. The van der Waals surface area contributed by atoms with Crippen LogP contribution in [0.5, 0.6) is 0 Å². The van der Waals surface area contributed by atoms with Crippen LogP contribution in [0, 0.1) is 0 Å². The van der Waals surface area contributed by atoms with Gasteiger partial charge in [-0.3, -0.25) is 0 Å². The molecule has 0 radical (unpaired) electrons. The molecular formula is C10H20F3NOS. The second kappa shape index (κ2) is 9.13. The van der Waals surface area contributed by atoms with Gasteiger partial charge in [0.15, 0.2) is 0 Å². The van der Waals surface area contributed by atoms with Crippen molar-refractivity contribution in [3.8, 4) is 0 Å². The van der Waals surface area contributed by atoms with Crippen LogP contribution in [0.25, 0.3) is 0 Å². The van der Waals surface area contributed by atoms with E-state index in [4.69, 9.17) is 0 Å². The van der Waals surface area contributed by atoms with Crippen LogP contribution in [0.2, 0.25) is 0 Å². The molecule has 2 nitrogen and oxygen atoms in total. The van der Waals surface area contributed by atoms with E-state index < -0.39 is 12.8 Å². The van der Waals surface area contributed by atoms with Crippen molar-refractivity contribution in [2.75, 3.05) is 31.8 Å². The van der Waals surface area contributed by atoms with Gasteiger partial charge in [-0.1, -0.05) is 6.92 Å². The number of nitrogens with one attached hydrogen (secondary N) is 1. The number of thioether (sulfide) groups is 1. The Hall–Kier alpha value is 0.0600. The van der Waals surface area contributed by atoms with E-state index in [1.165, 1.54) is 0 Å². The topological polar surface area (TPSA) is 21.3 Å². The van der Waals surface area contributed by atoms with Gasteiger partial charge in [0, 0.05) is 18.4 Å². The molecule has 0 amide bonds. The minimum atomic E-state index is -4.21. The molecule has 1 N–H and O–H groups in total. The van der Waals surface area contributed by atoms with Crippen molar-refractivity contribution in [2.24, 2.45) is 0 Å². The molecule has 0 saturated heterocycles. The average Bonchev–Trinajstić information content (AvgIpc) is 2.20. The van der Waals surface area contributed by atoms with Gasteiger partial charge in [-0.25, -0.2) is 0 Å². The van der Waals surface area contributed by atoms with Gasteiger partial charge < -0.3 is 10.1 Å². The molecule has 16 heavy (non-hydrogen) atoms. The van der Waals surface area contributed by atoms with Gasteiger partial charge >= 0.3 is 6.18 Å². The Morgan fingerprint density at radius 1 is 1.38 bits per heavy atom. The Labute approximate surface area is 99.3 Å². The van der Waals surface area contributed by atoms with Crippen molar-refractivity contribution >= 4 is 11.8 Å². The minimum Gasteiger partial charge on any atom is -0.372 e. The molecular weight excluding hydrogens is 239 g/mol. The van der Waals surface area contributed by atoms with Crippen molar-refractivity contribution in [1.29, 1.82) is 0 Å². The lowest BCUT2D eigenvalue weighted by molar-refractivity contribution is -0.173. The first-order chi connectivity index (χ1) is 7.49. The van der Waals surface area contributed by atoms with E-state index in [0.29, 0.717) is 19.0 Å². The minimum absolute atomic E-state index is 0.155. The summed E-state index contributed by atoms with van der Waals surface area (Å²) < 4.78 is 39.6. The highest BCUT2D eigenvalue weighted by Gasteiger charge is 2.27. The van der Waals surface area contributed by atoms with Crippen molar-refractivity contribution in [2.45, 2.75) is 32.0 Å². The highest BCUT2D eigenvalue weighted by atomic mass is 32.2. The van der Waals surface area contributed by atoms with E-state index in [-0.39, 0.29) is 6.61 Å². The predicted octanol–water partition coefficient (Wildman–Crippen LogP) is 2.69. The molecule has 1 unspecified atom stereocenters. The fraction of sp³-hybridized carbons (Fsp3) is 1.00. The molecule has 0 saturated carbocycles. The Kier molecular flexibility index (Phi) is 9.16. The summed E-state index contributed by atoms with van der Waals surface area (Å²) in [6.45, 7) is 1.81. The number of alkyl halides is 3. The maximum atomic E-state index is 11.7. The molecule has 0 aliphatic heterocycles. The second-order valence-corrected chi connectivity index (χ2v) is 4.45. The van der Waals surface area contributed by atoms with E-state index in [1.807, 2.05) is 6.26 Å². The highest BCUT2D eigenvalue weighted by Crippen LogP contribution is 2.14. The standard InChI is InChI=1S/C10H20F3NOS/c1-3-9(7-16-2)14-5-4-6-15-8-10(11,12)13/h9,14H,3-8H2,1-2H3. The summed E-state index contributed by atoms with van der Waals surface area (Å²) in [6, 6.07) is 0.442. The van der Waals surface area contributed by atoms with Gasteiger partial charge in [-0.2, -0.15) is 24.9 Å². The van der Waals surface area contributed by atoms with Crippen LogP contribution < -0.4 is 5.32 Å². The largest absolute Gasteiger partial charge is 0.411 e. The zero-order valence-corrected chi connectivity index (χ0v) is 10.6. The van der Waals surface area contributed by atoms with E-state index in [0.717, 1.165) is 12.2 Å². The SMILES string of the molecule is CCC(CSC)NCCCOCC(F)(F)F. The highest BCUT2D eigenvalue weighted by molar-refractivity contribution is 7.98. The number of hydrogen-bond acceptors (Lipinski definition) is 3. The van der Waals surface area contributed by atoms with Crippen LogP contribution in [0.15, 0.2) is 0 Å². The van der Waals surface area contributed by atoms with E-state index in [1.54, 1.807) is 11.8 Å². The first-order valence-electron chi connectivity index (χ1n) is 5.36. The molecule has 0 aromatic rings. The first kappa shape index (κ1) is 16.1. The quantitative estimate of drug-likeness (QED) is 0.643. The predicted molar refractivity (Wildman–Crippen MR) is 62.0 cm³/mol. The van der Waals surface area contributed by atoms with Gasteiger partial charge in [0.2, 0.25) is 0 Å². The van der Waals surface area contributed by atoms with Crippen LogP contribution in [-0.4, -0.2) is 44.0 Å². The lowest BCUT2D eigenvalue weighted by Crippen LogP contribution is -2.32. The fourth-order valence-electron chi connectivity index (χ4n) is 1.19. The summed E-state index contributed by atoms with van der Waals surface area (Å²) in [5.41, 5.74) is 0. The molecule has 0 bridgehead atoms. The maximum Gasteiger partial charge on any atom is 0.411 e. The smallest absolute Gasteiger partial charge is 0.372 e. The third kappa shape index (κ3) is 10.6. The van der Waals surface area contributed by atoms with Crippen LogP contribution in [0.4, 0.5) is 13.2 Å². The molecule has 0 aromatic carbocycles. The number of ether oxygens (including phenoxy) is 1. The monoisotopic (exact) mass is 259 g/mol. The molecule has 0 rings (SSSR count). The zero-order chi connectivity index (χ0) is 12.4.